The van der Waals surface area contributed by atoms with E-state index >= 15 is 0 Å². The van der Waals surface area contributed by atoms with Crippen molar-refractivity contribution in [1.29, 1.82) is 0 Å². The third-order valence-corrected chi connectivity index (χ3v) is 5.52. The molecule has 2 aliphatic rings. The average molecular weight is 362 g/mol. The zero-order valence-corrected chi connectivity index (χ0v) is 16.5. The number of aryl methyl sites for hydroxylation is 3. The van der Waals surface area contributed by atoms with E-state index < -0.39 is 0 Å². The van der Waals surface area contributed by atoms with Crippen LogP contribution in [0.25, 0.3) is 0 Å². The lowest BCUT2D eigenvalue weighted by Crippen LogP contribution is -2.25. The number of hydrogen-bond donors (Lipinski definition) is 2. The Kier molecular flexibility index (Phi) is 6.75. The van der Waals surface area contributed by atoms with Gasteiger partial charge in [0.1, 0.15) is 6.26 Å². The van der Waals surface area contributed by atoms with Crippen LogP contribution in [0.4, 0.5) is 0 Å². The van der Waals surface area contributed by atoms with Crippen LogP contribution in [0.5, 0.6) is 0 Å². The van der Waals surface area contributed by atoms with Gasteiger partial charge in [-0.1, -0.05) is 62.4 Å². The van der Waals surface area contributed by atoms with Gasteiger partial charge < -0.3 is 10.4 Å². The van der Waals surface area contributed by atoms with Gasteiger partial charge in [0.15, 0.2) is 0 Å². The van der Waals surface area contributed by atoms with Gasteiger partial charge >= 0.3 is 0 Å². The SMILES string of the molecule is CCc1ccc(CC)c(CCC2=C/C(=C/O)N[C@H]2CC2=CCC=CC=C2)c1. The number of benzene rings is 1. The highest BCUT2D eigenvalue weighted by Gasteiger charge is 2.22. The summed E-state index contributed by atoms with van der Waals surface area (Å²) in [4.78, 5) is 0. The molecule has 142 valence electrons. The third kappa shape index (κ3) is 5.03. The molecule has 27 heavy (non-hydrogen) atoms. The normalized spacial score (nSPS) is 20.4. The van der Waals surface area contributed by atoms with Crippen molar-refractivity contribution in [3.8, 4) is 0 Å². The van der Waals surface area contributed by atoms with Gasteiger partial charge in [-0.2, -0.15) is 0 Å². The van der Waals surface area contributed by atoms with Crippen molar-refractivity contribution in [3.05, 3.63) is 94.5 Å². The van der Waals surface area contributed by atoms with Crippen molar-refractivity contribution < 1.29 is 5.11 Å². The maximum atomic E-state index is 9.48. The first-order chi connectivity index (χ1) is 13.2. The summed E-state index contributed by atoms with van der Waals surface area (Å²) in [7, 11) is 0. The third-order valence-electron chi connectivity index (χ3n) is 5.52. The maximum Gasteiger partial charge on any atom is 0.102 e. The summed E-state index contributed by atoms with van der Waals surface area (Å²) in [6, 6.07) is 7.19. The molecule has 1 atom stereocenters. The van der Waals surface area contributed by atoms with Crippen molar-refractivity contribution in [2.45, 2.75) is 58.4 Å². The van der Waals surface area contributed by atoms with Crippen LogP contribution in [0.1, 0.15) is 49.8 Å². The Labute approximate surface area is 163 Å². The molecule has 1 aromatic carbocycles. The molecule has 0 bridgehead atoms. The van der Waals surface area contributed by atoms with Crippen LogP contribution in [-0.2, 0) is 19.3 Å². The van der Waals surface area contributed by atoms with Gasteiger partial charge in [0.25, 0.3) is 0 Å². The molecule has 2 nitrogen and oxygen atoms in total. The lowest BCUT2D eigenvalue weighted by atomic mass is 9.92. The van der Waals surface area contributed by atoms with Gasteiger partial charge in [-0.25, -0.2) is 0 Å². The summed E-state index contributed by atoms with van der Waals surface area (Å²) in [5.74, 6) is 0. The number of aliphatic hydroxyl groups excluding tert-OH is 1. The van der Waals surface area contributed by atoms with E-state index in [1.54, 1.807) is 0 Å². The molecule has 1 aromatic rings. The first kappa shape index (κ1) is 19.3. The Morgan fingerprint density at radius 2 is 2.00 bits per heavy atom. The van der Waals surface area contributed by atoms with Crippen molar-refractivity contribution in [3.63, 3.8) is 0 Å². The fourth-order valence-corrected chi connectivity index (χ4v) is 3.91. The van der Waals surface area contributed by atoms with E-state index in [9.17, 15) is 5.11 Å². The number of aliphatic hydroxyl groups is 1. The topological polar surface area (TPSA) is 32.3 Å². The van der Waals surface area contributed by atoms with Crippen molar-refractivity contribution >= 4 is 0 Å². The average Bonchev–Trinajstić information content (AvgIpc) is 2.90. The number of hydrogen-bond acceptors (Lipinski definition) is 2. The predicted octanol–water partition coefficient (Wildman–Crippen LogP) is 5.87. The quantitative estimate of drug-likeness (QED) is 0.595. The molecule has 2 N–H and O–H groups in total. The molecule has 0 spiro atoms. The summed E-state index contributed by atoms with van der Waals surface area (Å²) in [5, 5.41) is 12.9. The van der Waals surface area contributed by atoms with Crippen LogP contribution in [0.3, 0.4) is 0 Å². The minimum atomic E-state index is 0.261. The van der Waals surface area contributed by atoms with E-state index in [4.69, 9.17) is 0 Å². The minimum absolute atomic E-state index is 0.261. The molecular formula is C25H31NO. The van der Waals surface area contributed by atoms with Gasteiger partial charge in [-0.15, -0.1) is 0 Å². The number of nitrogens with one attached hydrogen (secondary N) is 1. The largest absolute Gasteiger partial charge is 0.513 e. The van der Waals surface area contributed by atoms with Crippen LogP contribution < -0.4 is 5.32 Å². The Balaban J connectivity index is 1.72. The Bertz CT molecular complexity index is 808. The van der Waals surface area contributed by atoms with Crippen LogP contribution in [0, 0.1) is 0 Å². The van der Waals surface area contributed by atoms with Gasteiger partial charge in [-0.3, -0.25) is 0 Å². The van der Waals surface area contributed by atoms with E-state index in [0.717, 1.165) is 44.2 Å². The molecule has 2 heteroatoms. The van der Waals surface area contributed by atoms with E-state index in [0.29, 0.717) is 0 Å². The molecule has 0 amide bonds. The fraction of sp³-hybridized carbons (Fsp3) is 0.360. The second-order valence-corrected chi connectivity index (χ2v) is 7.32. The molecule has 0 unspecified atom stereocenters. The second-order valence-electron chi connectivity index (χ2n) is 7.32. The van der Waals surface area contributed by atoms with E-state index in [-0.39, 0.29) is 6.04 Å². The standard InChI is InChI=1S/C25H31NO/c1-3-19-11-12-21(4-2)22(15-19)13-14-23-17-24(18-27)26-25(23)16-20-9-7-5-6-8-10-20/h5-7,9-12,15,17-18,25-27H,3-4,8,13-14,16H2,1-2H3/b24-18-/t25-/m0/s1. The number of rotatable bonds is 7. The summed E-state index contributed by atoms with van der Waals surface area (Å²) in [6.45, 7) is 4.44. The molecule has 1 aliphatic heterocycles. The molecule has 1 aliphatic carbocycles. The molecule has 0 saturated carbocycles. The highest BCUT2D eigenvalue weighted by atomic mass is 16.2. The molecule has 1 heterocycles. The number of allylic oxidation sites excluding steroid dienone is 6. The summed E-state index contributed by atoms with van der Waals surface area (Å²) in [5.41, 5.74) is 7.89. The Morgan fingerprint density at radius 1 is 1.11 bits per heavy atom. The minimum Gasteiger partial charge on any atom is -0.513 e. The van der Waals surface area contributed by atoms with Crippen molar-refractivity contribution in [2.75, 3.05) is 0 Å². The summed E-state index contributed by atoms with van der Waals surface area (Å²) >= 11 is 0. The van der Waals surface area contributed by atoms with Gasteiger partial charge in [0, 0.05) is 0 Å². The first-order valence-electron chi connectivity index (χ1n) is 10.2. The highest BCUT2D eigenvalue weighted by Crippen LogP contribution is 2.27. The van der Waals surface area contributed by atoms with Crippen molar-refractivity contribution in [2.24, 2.45) is 0 Å². The molecule has 0 saturated heterocycles. The Morgan fingerprint density at radius 3 is 2.78 bits per heavy atom. The van der Waals surface area contributed by atoms with Crippen LogP contribution in [-0.4, -0.2) is 11.1 Å². The zero-order chi connectivity index (χ0) is 19.1. The molecular weight excluding hydrogens is 330 g/mol. The van der Waals surface area contributed by atoms with E-state index in [1.165, 1.54) is 34.1 Å². The van der Waals surface area contributed by atoms with Crippen LogP contribution >= 0.6 is 0 Å². The summed E-state index contributed by atoms with van der Waals surface area (Å²) in [6.07, 6.45) is 20.4. The lowest BCUT2D eigenvalue weighted by molar-refractivity contribution is 0.462. The molecule has 0 aromatic heterocycles. The molecule has 3 rings (SSSR count). The first-order valence-corrected chi connectivity index (χ1v) is 10.2. The zero-order valence-electron chi connectivity index (χ0n) is 16.5. The summed E-state index contributed by atoms with van der Waals surface area (Å²) < 4.78 is 0. The van der Waals surface area contributed by atoms with Crippen LogP contribution in [0.15, 0.2) is 77.8 Å². The monoisotopic (exact) mass is 361 g/mol. The van der Waals surface area contributed by atoms with Gasteiger partial charge in [-0.05, 0) is 72.4 Å². The molecule has 0 radical (unpaired) electrons. The van der Waals surface area contributed by atoms with Crippen LogP contribution in [0.2, 0.25) is 0 Å². The highest BCUT2D eigenvalue weighted by molar-refractivity contribution is 5.38. The smallest absolute Gasteiger partial charge is 0.102 e. The van der Waals surface area contributed by atoms with Gasteiger partial charge in [0.2, 0.25) is 0 Å². The Hall–Kier alpha value is -2.48. The fourth-order valence-electron chi connectivity index (χ4n) is 3.91. The molecule has 0 fully saturated rings. The van der Waals surface area contributed by atoms with Crippen molar-refractivity contribution in [1.82, 2.24) is 5.32 Å². The lowest BCUT2D eigenvalue weighted by Gasteiger charge is -2.18. The van der Waals surface area contributed by atoms with E-state index in [2.05, 4.69) is 73.8 Å². The van der Waals surface area contributed by atoms with Gasteiger partial charge in [0.05, 0.1) is 11.7 Å². The second kappa shape index (κ2) is 9.45. The maximum absolute atomic E-state index is 9.48. The van der Waals surface area contributed by atoms with E-state index in [1.807, 2.05) is 0 Å². The predicted molar refractivity (Wildman–Crippen MR) is 115 cm³/mol.